The van der Waals surface area contributed by atoms with Crippen LogP contribution in [-0.2, 0) is 22.6 Å². The number of nitrogens with zero attached hydrogens (tertiary/aromatic N) is 1. The molecule has 0 saturated heterocycles. The highest BCUT2D eigenvalue weighted by Gasteiger charge is 2.25. The zero-order valence-corrected chi connectivity index (χ0v) is 15.0. The Morgan fingerprint density at radius 2 is 2.04 bits per heavy atom. The van der Waals surface area contributed by atoms with Crippen LogP contribution in [0, 0.1) is 0 Å². The Morgan fingerprint density at radius 3 is 2.75 bits per heavy atom. The zero-order chi connectivity index (χ0) is 17.1. The van der Waals surface area contributed by atoms with Crippen molar-refractivity contribution in [2.45, 2.75) is 32.4 Å². The lowest BCUT2D eigenvalue weighted by atomic mass is 10.0. The van der Waals surface area contributed by atoms with Gasteiger partial charge in [0.15, 0.2) is 0 Å². The minimum Gasteiger partial charge on any atom is -0.349 e. The van der Waals surface area contributed by atoms with Crippen molar-refractivity contribution in [1.29, 1.82) is 0 Å². The first-order chi connectivity index (χ1) is 11.5. The first kappa shape index (κ1) is 17.0. The van der Waals surface area contributed by atoms with Gasteiger partial charge in [0, 0.05) is 29.9 Å². The van der Waals surface area contributed by atoms with Crippen molar-refractivity contribution in [3.63, 3.8) is 0 Å². The predicted molar refractivity (Wildman–Crippen MR) is 96.1 cm³/mol. The van der Waals surface area contributed by atoms with Gasteiger partial charge in [0.25, 0.3) is 0 Å². The minimum absolute atomic E-state index is 0.0561. The normalized spacial score (nSPS) is 14.8. The van der Waals surface area contributed by atoms with E-state index in [1.54, 1.807) is 23.5 Å². The van der Waals surface area contributed by atoms with Crippen LogP contribution >= 0.6 is 22.9 Å². The van der Waals surface area contributed by atoms with E-state index in [1.165, 1.54) is 17.4 Å². The maximum absolute atomic E-state index is 12.7. The summed E-state index contributed by atoms with van der Waals surface area (Å²) in [6, 6.07) is 9.00. The lowest BCUT2D eigenvalue weighted by molar-refractivity contribution is -0.133. The van der Waals surface area contributed by atoms with Gasteiger partial charge in [0.1, 0.15) is 0 Å². The van der Waals surface area contributed by atoms with Gasteiger partial charge in [-0.05, 0) is 41.1 Å². The Bertz CT molecular complexity index is 742. The molecule has 2 amide bonds. The van der Waals surface area contributed by atoms with Gasteiger partial charge >= 0.3 is 0 Å². The van der Waals surface area contributed by atoms with Crippen LogP contribution in [0.25, 0.3) is 0 Å². The molecule has 2 aromatic rings. The fraction of sp³-hybridized carbons (Fsp3) is 0.333. The number of benzene rings is 1. The van der Waals surface area contributed by atoms with Crippen molar-refractivity contribution in [1.82, 2.24) is 10.2 Å². The Kier molecular flexibility index (Phi) is 5.21. The van der Waals surface area contributed by atoms with Gasteiger partial charge in [-0.3, -0.25) is 9.59 Å². The highest BCUT2D eigenvalue weighted by molar-refractivity contribution is 7.10. The fourth-order valence-corrected chi connectivity index (χ4v) is 3.97. The average Bonchev–Trinajstić information content (AvgIpc) is 3.02. The van der Waals surface area contributed by atoms with Crippen molar-refractivity contribution in [3.05, 3.63) is 56.7 Å². The highest BCUT2D eigenvalue weighted by atomic mass is 35.5. The van der Waals surface area contributed by atoms with Gasteiger partial charge in [-0.15, -0.1) is 11.3 Å². The summed E-state index contributed by atoms with van der Waals surface area (Å²) in [5.41, 5.74) is 2.12. The van der Waals surface area contributed by atoms with Crippen LogP contribution in [-0.4, -0.2) is 23.3 Å². The third-order valence-corrected chi connectivity index (χ3v) is 5.46. The molecule has 1 atom stereocenters. The van der Waals surface area contributed by atoms with Crippen LogP contribution in [0.1, 0.15) is 35.4 Å². The molecule has 0 radical (unpaired) electrons. The number of hydrogen-bond donors (Lipinski definition) is 1. The molecule has 1 aliphatic heterocycles. The van der Waals surface area contributed by atoms with Crippen LogP contribution in [0.4, 0.5) is 0 Å². The number of nitrogens with one attached hydrogen (secondary N) is 1. The largest absolute Gasteiger partial charge is 0.349 e. The number of carbonyl (C=O) groups is 2. The fourth-order valence-electron chi connectivity index (χ4n) is 2.96. The summed E-state index contributed by atoms with van der Waals surface area (Å²) in [7, 11) is 0. The summed E-state index contributed by atoms with van der Waals surface area (Å²) < 4.78 is 0. The Hall–Kier alpha value is -1.85. The smallest absolute Gasteiger partial charge is 0.225 e. The maximum atomic E-state index is 12.7. The molecule has 0 bridgehead atoms. The maximum Gasteiger partial charge on any atom is 0.225 e. The Balaban J connectivity index is 1.71. The molecule has 1 unspecified atom stereocenters. The van der Waals surface area contributed by atoms with Gasteiger partial charge in [0.2, 0.25) is 11.8 Å². The molecule has 1 aromatic heterocycles. The number of fused-ring (bicyclic) bond motifs is 1. The van der Waals surface area contributed by atoms with Gasteiger partial charge in [-0.25, -0.2) is 0 Å². The zero-order valence-electron chi connectivity index (χ0n) is 13.4. The molecule has 1 N–H and O–H groups in total. The molecule has 0 aliphatic carbocycles. The van der Waals surface area contributed by atoms with E-state index in [1.807, 2.05) is 17.0 Å². The van der Waals surface area contributed by atoms with Crippen molar-refractivity contribution < 1.29 is 9.59 Å². The summed E-state index contributed by atoms with van der Waals surface area (Å²) in [5, 5.41) is 5.58. The molecule has 0 saturated carbocycles. The van der Waals surface area contributed by atoms with Gasteiger partial charge in [0.05, 0.1) is 12.5 Å². The summed E-state index contributed by atoms with van der Waals surface area (Å²) >= 11 is 7.68. The molecule has 1 aliphatic rings. The summed E-state index contributed by atoms with van der Waals surface area (Å²) in [6.07, 6.45) is 1.16. The summed E-state index contributed by atoms with van der Waals surface area (Å²) in [6.45, 7) is 2.86. The van der Waals surface area contributed by atoms with Gasteiger partial charge in [-0.2, -0.15) is 0 Å². The molecule has 0 fully saturated rings. The van der Waals surface area contributed by atoms with Crippen LogP contribution in [0.2, 0.25) is 5.02 Å². The van der Waals surface area contributed by atoms with Crippen molar-refractivity contribution in [2.24, 2.45) is 0 Å². The summed E-state index contributed by atoms with van der Waals surface area (Å²) in [5.74, 6) is -0.0953. The molecule has 126 valence electrons. The van der Waals surface area contributed by atoms with E-state index < -0.39 is 0 Å². The molecular formula is C18H19ClN2O2S. The topological polar surface area (TPSA) is 49.4 Å². The monoisotopic (exact) mass is 362 g/mol. The van der Waals surface area contributed by atoms with Gasteiger partial charge in [-0.1, -0.05) is 23.7 Å². The third-order valence-electron chi connectivity index (χ3n) is 4.19. The molecule has 2 heterocycles. The quantitative estimate of drug-likeness (QED) is 0.904. The molecule has 0 spiro atoms. The first-order valence-electron chi connectivity index (χ1n) is 7.88. The van der Waals surface area contributed by atoms with Crippen LogP contribution in [0.15, 0.2) is 35.7 Å². The SMILES string of the molecule is CC(=O)NC(CC(=O)N1CCc2sccc2C1)c1ccc(Cl)cc1. The second kappa shape index (κ2) is 7.36. The number of hydrogen-bond acceptors (Lipinski definition) is 3. The molecular weight excluding hydrogens is 344 g/mol. The Morgan fingerprint density at radius 1 is 1.29 bits per heavy atom. The minimum atomic E-state index is -0.337. The lowest BCUT2D eigenvalue weighted by Crippen LogP contribution is -2.38. The molecule has 3 rings (SSSR count). The third kappa shape index (κ3) is 3.97. The van der Waals surface area contributed by atoms with E-state index in [2.05, 4.69) is 16.8 Å². The van der Waals surface area contributed by atoms with E-state index in [0.29, 0.717) is 11.6 Å². The summed E-state index contributed by atoms with van der Waals surface area (Å²) in [4.78, 5) is 27.5. The standard InChI is InChI=1S/C18H19ClN2O2S/c1-12(22)20-16(13-2-4-15(19)5-3-13)10-18(23)21-8-6-17-14(11-21)7-9-24-17/h2-5,7,9,16H,6,8,10-11H2,1H3,(H,20,22). The van der Waals surface area contributed by atoms with E-state index in [-0.39, 0.29) is 24.3 Å². The number of thiophene rings is 1. The van der Waals surface area contributed by atoms with Crippen molar-refractivity contribution in [2.75, 3.05) is 6.54 Å². The van der Waals surface area contributed by atoms with Crippen molar-refractivity contribution >= 4 is 34.8 Å². The predicted octanol–water partition coefficient (Wildman–Crippen LogP) is 3.55. The van der Waals surface area contributed by atoms with Crippen LogP contribution in [0.5, 0.6) is 0 Å². The number of carbonyl (C=O) groups excluding carboxylic acids is 2. The second-order valence-electron chi connectivity index (χ2n) is 5.94. The average molecular weight is 363 g/mol. The van der Waals surface area contributed by atoms with E-state index in [0.717, 1.165) is 18.5 Å². The number of rotatable bonds is 4. The second-order valence-corrected chi connectivity index (χ2v) is 7.38. The highest BCUT2D eigenvalue weighted by Crippen LogP contribution is 2.26. The van der Waals surface area contributed by atoms with Crippen LogP contribution < -0.4 is 5.32 Å². The number of amides is 2. The van der Waals surface area contributed by atoms with E-state index >= 15 is 0 Å². The molecule has 4 nitrogen and oxygen atoms in total. The van der Waals surface area contributed by atoms with E-state index in [4.69, 9.17) is 11.6 Å². The molecule has 1 aromatic carbocycles. The Labute approximate surface area is 150 Å². The van der Waals surface area contributed by atoms with Crippen molar-refractivity contribution in [3.8, 4) is 0 Å². The van der Waals surface area contributed by atoms with Gasteiger partial charge < -0.3 is 10.2 Å². The molecule has 24 heavy (non-hydrogen) atoms. The lowest BCUT2D eigenvalue weighted by Gasteiger charge is -2.29. The van der Waals surface area contributed by atoms with Crippen LogP contribution in [0.3, 0.4) is 0 Å². The first-order valence-corrected chi connectivity index (χ1v) is 9.14. The number of halogens is 1. The molecule has 6 heteroatoms. The van der Waals surface area contributed by atoms with E-state index in [9.17, 15) is 9.59 Å².